The lowest BCUT2D eigenvalue weighted by molar-refractivity contribution is -0.0357. The van der Waals surface area contributed by atoms with Gasteiger partial charge in [0.25, 0.3) is 0 Å². The summed E-state index contributed by atoms with van der Waals surface area (Å²) in [5.74, 6) is 0. The van der Waals surface area contributed by atoms with E-state index in [-0.39, 0.29) is 10.8 Å². The van der Waals surface area contributed by atoms with Gasteiger partial charge < -0.3 is 14.2 Å². The highest BCUT2D eigenvalue weighted by Gasteiger charge is 2.18. The van der Waals surface area contributed by atoms with Crippen LogP contribution in [0.4, 0.5) is 0 Å². The predicted molar refractivity (Wildman–Crippen MR) is 66.8 cm³/mol. The van der Waals surface area contributed by atoms with Crippen molar-refractivity contribution < 1.29 is 18.7 Å². The van der Waals surface area contributed by atoms with Gasteiger partial charge in [-0.15, -0.1) is 23.2 Å². The summed E-state index contributed by atoms with van der Waals surface area (Å²) in [5, 5.41) is 9.06. The molecule has 0 spiro atoms. The summed E-state index contributed by atoms with van der Waals surface area (Å²) in [7, 11) is -1.59. The number of hydrogen-bond donors (Lipinski definition) is 1. The molecule has 3 unspecified atom stereocenters. The Kier molecular flexibility index (Phi) is 10.4. The fraction of sp³-hybridized carbons (Fsp3) is 1.00. The Morgan fingerprint density at radius 1 is 1.12 bits per heavy atom. The summed E-state index contributed by atoms with van der Waals surface area (Å²) < 4.78 is 15.8. The van der Waals surface area contributed by atoms with Crippen molar-refractivity contribution in [3.8, 4) is 0 Å². The summed E-state index contributed by atoms with van der Waals surface area (Å²) in [6, 6.07) is 0. The van der Waals surface area contributed by atoms with Gasteiger partial charge in [-0.25, -0.2) is 0 Å². The maximum Gasteiger partial charge on any atom is 0.335 e. The monoisotopic (exact) mass is 292 g/mol. The van der Waals surface area contributed by atoms with Gasteiger partial charge in [-0.05, 0) is 20.3 Å². The van der Waals surface area contributed by atoms with Crippen LogP contribution in [-0.4, -0.2) is 35.4 Å². The van der Waals surface area contributed by atoms with Crippen LogP contribution in [0.5, 0.6) is 0 Å². The molecule has 0 aromatic heterocycles. The minimum atomic E-state index is -1.59. The number of aliphatic hydroxyl groups is 1. The number of halogens is 2. The fourth-order valence-electron chi connectivity index (χ4n) is 0.599. The van der Waals surface area contributed by atoms with E-state index in [0.29, 0.717) is 19.6 Å². The molecule has 0 fully saturated rings. The second kappa shape index (κ2) is 9.84. The summed E-state index contributed by atoms with van der Waals surface area (Å²) in [6.45, 7) is 6.01. The molecule has 16 heavy (non-hydrogen) atoms. The lowest BCUT2D eigenvalue weighted by Gasteiger charge is -2.20. The number of rotatable bonds is 9. The molecule has 0 heterocycles. The first-order valence-corrected chi connectivity index (χ1v) is 7.11. The lowest BCUT2D eigenvalue weighted by Crippen LogP contribution is -2.13. The topological polar surface area (TPSA) is 47.9 Å². The van der Waals surface area contributed by atoms with Crippen LogP contribution >= 0.6 is 31.8 Å². The first kappa shape index (κ1) is 16.9. The zero-order valence-corrected chi connectivity index (χ0v) is 12.1. The summed E-state index contributed by atoms with van der Waals surface area (Å²) in [6.07, 6.45) is -0.416. The molecule has 4 nitrogen and oxygen atoms in total. The van der Waals surface area contributed by atoms with Gasteiger partial charge in [0.2, 0.25) is 0 Å². The molecule has 0 bridgehead atoms. The van der Waals surface area contributed by atoms with Crippen molar-refractivity contribution >= 4 is 31.8 Å². The molecular weight excluding hydrogens is 274 g/mol. The van der Waals surface area contributed by atoms with Crippen molar-refractivity contribution in [2.45, 2.75) is 44.2 Å². The van der Waals surface area contributed by atoms with Crippen molar-refractivity contribution in [3.63, 3.8) is 0 Å². The molecule has 0 saturated heterocycles. The Hall–Kier alpha value is 0.850. The molecule has 98 valence electrons. The van der Waals surface area contributed by atoms with E-state index in [0.717, 1.165) is 0 Å². The average molecular weight is 293 g/mol. The SMILES string of the molecule is CCC(O)OP(OCC(C)Cl)OCC(C)Cl. The quantitative estimate of drug-likeness (QED) is 0.403. The third-order valence-electron chi connectivity index (χ3n) is 1.38. The van der Waals surface area contributed by atoms with Crippen LogP contribution in [0.15, 0.2) is 0 Å². The van der Waals surface area contributed by atoms with Gasteiger partial charge >= 0.3 is 8.60 Å². The Bertz CT molecular complexity index is 160. The van der Waals surface area contributed by atoms with Crippen molar-refractivity contribution in [3.05, 3.63) is 0 Å². The van der Waals surface area contributed by atoms with Crippen LogP contribution < -0.4 is 0 Å². The highest BCUT2D eigenvalue weighted by molar-refractivity contribution is 7.41. The lowest BCUT2D eigenvalue weighted by atomic mass is 10.5. The van der Waals surface area contributed by atoms with E-state index in [4.69, 9.17) is 36.8 Å². The molecule has 0 rings (SSSR count). The molecule has 0 aliphatic carbocycles. The highest BCUT2D eigenvalue weighted by atomic mass is 35.5. The molecule has 0 aromatic rings. The fourth-order valence-corrected chi connectivity index (χ4v) is 2.14. The van der Waals surface area contributed by atoms with Crippen LogP contribution in [-0.2, 0) is 13.6 Å². The van der Waals surface area contributed by atoms with E-state index < -0.39 is 14.9 Å². The molecule has 0 amide bonds. The largest absolute Gasteiger partial charge is 0.368 e. The number of aliphatic hydroxyl groups excluding tert-OH is 1. The summed E-state index contributed by atoms with van der Waals surface area (Å²) >= 11 is 11.5. The molecular formula is C9H19Cl2O4P. The third-order valence-corrected chi connectivity index (χ3v) is 2.76. The molecule has 0 saturated carbocycles. The summed E-state index contributed by atoms with van der Waals surface area (Å²) in [4.78, 5) is 0. The second-order valence-electron chi connectivity index (χ2n) is 3.34. The van der Waals surface area contributed by atoms with E-state index >= 15 is 0 Å². The van der Waals surface area contributed by atoms with E-state index in [1.165, 1.54) is 0 Å². The zero-order chi connectivity index (χ0) is 12.6. The van der Waals surface area contributed by atoms with E-state index in [1.807, 2.05) is 0 Å². The maximum atomic E-state index is 9.33. The third kappa shape index (κ3) is 10.0. The molecule has 1 N–H and O–H groups in total. The number of hydrogen-bond acceptors (Lipinski definition) is 4. The molecule has 3 atom stereocenters. The van der Waals surface area contributed by atoms with Gasteiger partial charge in [-0.3, -0.25) is 4.52 Å². The minimum Gasteiger partial charge on any atom is -0.368 e. The van der Waals surface area contributed by atoms with E-state index in [9.17, 15) is 5.11 Å². The van der Waals surface area contributed by atoms with Crippen molar-refractivity contribution in [2.24, 2.45) is 0 Å². The highest BCUT2D eigenvalue weighted by Crippen LogP contribution is 2.41. The molecule has 0 aliphatic rings. The molecule has 0 aromatic carbocycles. The predicted octanol–water partition coefficient (Wildman–Crippen LogP) is 3.25. The standard InChI is InChI=1S/C9H19Cl2O4P/c1-4-9(12)15-16(13-5-7(2)10)14-6-8(3)11/h7-9,12H,4-6H2,1-3H3. The normalized spacial score (nSPS) is 19.1. The smallest absolute Gasteiger partial charge is 0.335 e. The van der Waals surface area contributed by atoms with Gasteiger partial charge in [-0.2, -0.15) is 0 Å². The summed E-state index contributed by atoms with van der Waals surface area (Å²) in [5.41, 5.74) is 0. The maximum absolute atomic E-state index is 9.33. The Balaban J connectivity index is 3.94. The first-order valence-electron chi connectivity index (χ1n) is 5.14. The first-order chi connectivity index (χ1) is 7.45. The van der Waals surface area contributed by atoms with Gasteiger partial charge in [-0.1, -0.05) is 6.92 Å². The Morgan fingerprint density at radius 3 is 1.88 bits per heavy atom. The second-order valence-corrected chi connectivity index (χ2v) is 6.01. The van der Waals surface area contributed by atoms with Crippen LogP contribution in [0.2, 0.25) is 0 Å². The molecule has 7 heteroatoms. The molecule has 0 aliphatic heterocycles. The Morgan fingerprint density at radius 2 is 1.56 bits per heavy atom. The van der Waals surface area contributed by atoms with Gasteiger partial charge in [0.1, 0.15) is 0 Å². The number of alkyl halides is 2. The van der Waals surface area contributed by atoms with Crippen LogP contribution in [0.3, 0.4) is 0 Å². The van der Waals surface area contributed by atoms with Crippen LogP contribution in [0, 0.1) is 0 Å². The van der Waals surface area contributed by atoms with Crippen molar-refractivity contribution in [1.82, 2.24) is 0 Å². The van der Waals surface area contributed by atoms with Crippen LogP contribution in [0.1, 0.15) is 27.2 Å². The van der Waals surface area contributed by atoms with E-state index in [2.05, 4.69) is 0 Å². The molecule has 0 radical (unpaired) electrons. The van der Waals surface area contributed by atoms with Crippen molar-refractivity contribution in [1.29, 1.82) is 0 Å². The minimum absolute atomic E-state index is 0.135. The van der Waals surface area contributed by atoms with Crippen molar-refractivity contribution in [2.75, 3.05) is 13.2 Å². The van der Waals surface area contributed by atoms with Crippen LogP contribution in [0.25, 0.3) is 0 Å². The van der Waals surface area contributed by atoms with Gasteiger partial charge in [0, 0.05) is 0 Å². The van der Waals surface area contributed by atoms with E-state index in [1.54, 1.807) is 20.8 Å². The van der Waals surface area contributed by atoms with Gasteiger partial charge in [0.15, 0.2) is 6.29 Å². The average Bonchev–Trinajstić information content (AvgIpc) is 2.21. The zero-order valence-electron chi connectivity index (χ0n) is 9.73. The van der Waals surface area contributed by atoms with Gasteiger partial charge in [0.05, 0.1) is 24.0 Å². The Labute approximate surface area is 108 Å².